The molecule has 0 bridgehead atoms. The van der Waals surface area contributed by atoms with Gasteiger partial charge in [-0.15, -0.1) is 0 Å². The summed E-state index contributed by atoms with van der Waals surface area (Å²) in [5.41, 5.74) is 1.81. The molecule has 4 rings (SSSR count). The van der Waals surface area contributed by atoms with Gasteiger partial charge in [0.1, 0.15) is 11.0 Å². The van der Waals surface area contributed by atoms with Gasteiger partial charge in [-0.25, -0.2) is 4.63 Å². The van der Waals surface area contributed by atoms with Crippen molar-refractivity contribution >= 4 is 22.8 Å². The molecule has 2 aromatic rings. The van der Waals surface area contributed by atoms with Crippen LogP contribution in [-0.2, 0) is 4.79 Å². The van der Waals surface area contributed by atoms with Crippen LogP contribution < -0.4 is 0 Å². The Morgan fingerprint density at radius 2 is 1.64 bits per heavy atom. The first-order valence-corrected chi connectivity index (χ1v) is 9.03. The normalized spacial score (nSPS) is 19.4. The molecule has 1 aromatic carbocycles. The van der Waals surface area contributed by atoms with Crippen molar-refractivity contribution < 1.29 is 14.2 Å². The molecular formula is C18H22N4O3. The molecule has 2 amide bonds. The second-order valence-corrected chi connectivity index (χ2v) is 6.92. The van der Waals surface area contributed by atoms with Crippen molar-refractivity contribution in [2.45, 2.75) is 32.1 Å². The average molecular weight is 342 g/mol. The fourth-order valence-electron chi connectivity index (χ4n) is 3.80. The molecule has 0 unspecified atom stereocenters. The maximum absolute atomic E-state index is 12.7. The lowest BCUT2D eigenvalue weighted by Crippen LogP contribution is -2.45. The Bertz CT molecular complexity index is 773. The minimum Gasteiger partial charge on any atom is -0.342 e. The number of aromatic nitrogens is 2. The first kappa shape index (κ1) is 16.1. The molecule has 7 heteroatoms. The fourth-order valence-corrected chi connectivity index (χ4v) is 3.80. The molecule has 2 fully saturated rings. The molecule has 0 atom stereocenters. The van der Waals surface area contributed by atoms with Crippen molar-refractivity contribution in [3.05, 3.63) is 23.8 Å². The number of nitrogens with zero attached hydrogens (tertiary/aromatic N) is 4. The molecule has 25 heavy (non-hydrogen) atoms. The number of rotatable bonds is 2. The van der Waals surface area contributed by atoms with Crippen LogP contribution in [0, 0.1) is 5.92 Å². The highest BCUT2D eigenvalue weighted by molar-refractivity contribution is 5.97. The standard InChI is InChI=1S/C18H22N4O3/c23-17(21-8-2-1-3-9-21)13-6-10-22(11-7-13)18(24)14-4-5-15-16(12-14)20-25-19-15/h4-5,12-13H,1-3,6-11H2. The molecule has 0 spiro atoms. The van der Waals surface area contributed by atoms with E-state index in [0.717, 1.165) is 38.8 Å². The second-order valence-electron chi connectivity index (χ2n) is 6.92. The summed E-state index contributed by atoms with van der Waals surface area (Å²) < 4.78 is 4.68. The highest BCUT2D eigenvalue weighted by Crippen LogP contribution is 2.23. The minimum atomic E-state index is -0.0197. The highest BCUT2D eigenvalue weighted by atomic mass is 16.6. The van der Waals surface area contributed by atoms with E-state index in [-0.39, 0.29) is 17.7 Å². The third kappa shape index (κ3) is 3.23. The highest BCUT2D eigenvalue weighted by Gasteiger charge is 2.31. The quantitative estimate of drug-likeness (QED) is 0.835. The van der Waals surface area contributed by atoms with E-state index in [4.69, 9.17) is 0 Å². The topological polar surface area (TPSA) is 79.5 Å². The van der Waals surface area contributed by atoms with E-state index in [9.17, 15) is 9.59 Å². The van der Waals surface area contributed by atoms with E-state index >= 15 is 0 Å². The molecule has 0 aliphatic carbocycles. The van der Waals surface area contributed by atoms with Crippen molar-refractivity contribution in [3.8, 4) is 0 Å². The summed E-state index contributed by atoms with van der Waals surface area (Å²) in [4.78, 5) is 29.1. The summed E-state index contributed by atoms with van der Waals surface area (Å²) in [7, 11) is 0. The molecule has 3 heterocycles. The van der Waals surface area contributed by atoms with E-state index in [1.165, 1.54) is 6.42 Å². The lowest BCUT2D eigenvalue weighted by Gasteiger charge is -2.35. The van der Waals surface area contributed by atoms with Gasteiger partial charge in [0.25, 0.3) is 5.91 Å². The Labute approximate surface area is 145 Å². The van der Waals surface area contributed by atoms with Crippen LogP contribution in [0.4, 0.5) is 0 Å². The molecule has 0 radical (unpaired) electrons. The van der Waals surface area contributed by atoms with Crippen LogP contribution >= 0.6 is 0 Å². The van der Waals surface area contributed by atoms with Crippen molar-refractivity contribution in [2.75, 3.05) is 26.2 Å². The van der Waals surface area contributed by atoms with Gasteiger partial charge in [0, 0.05) is 37.7 Å². The van der Waals surface area contributed by atoms with Gasteiger partial charge in [0.15, 0.2) is 0 Å². The van der Waals surface area contributed by atoms with E-state index in [1.807, 2.05) is 9.80 Å². The van der Waals surface area contributed by atoms with Crippen LogP contribution in [-0.4, -0.2) is 58.1 Å². The molecule has 132 valence electrons. The molecule has 7 nitrogen and oxygen atoms in total. The van der Waals surface area contributed by atoms with E-state index in [1.54, 1.807) is 18.2 Å². The fraction of sp³-hybridized carbons (Fsp3) is 0.556. The SMILES string of the molecule is O=C(c1ccc2nonc2c1)N1CCC(C(=O)N2CCCCC2)CC1. The van der Waals surface area contributed by atoms with Crippen molar-refractivity contribution in [1.29, 1.82) is 0 Å². The van der Waals surface area contributed by atoms with Crippen LogP contribution in [0.3, 0.4) is 0 Å². The van der Waals surface area contributed by atoms with Crippen molar-refractivity contribution in [1.82, 2.24) is 20.1 Å². The number of piperidine rings is 2. The molecule has 0 saturated carbocycles. The number of carbonyl (C=O) groups is 2. The summed E-state index contributed by atoms with van der Waals surface area (Å²) in [6.07, 6.45) is 4.94. The number of carbonyl (C=O) groups excluding carboxylic acids is 2. The van der Waals surface area contributed by atoms with Crippen molar-refractivity contribution in [3.63, 3.8) is 0 Å². The summed E-state index contributed by atoms with van der Waals surface area (Å²) in [6, 6.07) is 5.20. The van der Waals surface area contributed by atoms with Crippen LogP contribution in [0.2, 0.25) is 0 Å². The Morgan fingerprint density at radius 3 is 2.40 bits per heavy atom. The summed E-state index contributed by atoms with van der Waals surface area (Å²) in [5, 5.41) is 7.54. The van der Waals surface area contributed by atoms with Gasteiger partial charge in [-0.2, -0.15) is 0 Å². The molecule has 0 N–H and O–H groups in total. The average Bonchev–Trinajstić information content (AvgIpc) is 3.15. The minimum absolute atomic E-state index is 0.0197. The number of fused-ring (bicyclic) bond motifs is 1. The van der Waals surface area contributed by atoms with Gasteiger partial charge >= 0.3 is 0 Å². The molecule has 2 aliphatic rings. The number of benzene rings is 1. The zero-order chi connectivity index (χ0) is 17.2. The maximum Gasteiger partial charge on any atom is 0.253 e. The number of hydrogen-bond donors (Lipinski definition) is 0. The van der Waals surface area contributed by atoms with Gasteiger partial charge in [0.2, 0.25) is 5.91 Å². The van der Waals surface area contributed by atoms with Gasteiger partial charge in [0.05, 0.1) is 0 Å². The Morgan fingerprint density at radius 1 is 0.920 bits per heavy atom. The van der Waals surface area contributed by atoms with Gasteiger partial charge in [-0.3, -0.25) is 9.59 Å². The Hall–Kier alpha value is -2.44. The monoisotopic (exact) mass is 342 g/mol. The zero-order valence-electron chi connectivity index (χ0n) is 14.2. The Balaban J connectivity index is 1.37. The predicted molar refractivity (Wildman–Crippen MR) is 90.9 cm³/mol. The van der Waals surface area contributed by atoms with E-state index < -0.39 is 0 Å². The first-order valence-electron chi connectivity index (χ1n) is 9.03. The van der Waals surface area contributed by atoms with Crippen LogP contribution in [0.25, 0.3) is 11.0 Å². The van der Waals surface area contributed by atoms with Gasteiger partial charge < -0.3 is 9.80 Å². The summed E-state index contributed by atoms with van der Waals surface area (Å²) in [5.74, 6) is 0.319. The van der Waals surface area contributed by atoms with E-state index in [2.05, 4.69) is 14.9 Å². The number of hydrogen-bond acceptors (Lipinski definition) is 5. The smallest absolute Gasteiger partial charge is 0.253 e. The summed E-state index contributed by atoms with van der Waals surface area (Å²) >= 11 is 0. The Kier molecular flexibility index (Phi) is 4.38. The lowest BCUT2D eigenvalue weighted by atomic mass is 9.94. The van der Waals surface area contributed by atoms with E-state index in [0.29, 0.717) is 29.7 Å². The molecule has 2 aliphatic heterocycles. The largest absolute Gasteiger partial charge is 0.342 e. The van der Waals surface area contributed by atoms with Gasteiger partial charge in [-0.1, -0.05) is 0 Å². The van der Waals surface area contributed by atoms with Crippen LogP contribution in [0.5, 0.6) is 0 Å². The maximum atomic E-state index is 12.7. The molecule has 2 saturated heterocycles. The third-order valence-electron chi connectivity index (χ3n) is 5.30. The van der Waals surface area contributed by atoms with Gasteiger partial charge in [-0.05, 0) is 60.6 Å². The van der Waals surface area contributed by atoms with Crippen LogP contribution in [0.15, 0.2) is 22.8 Å². The van der Waals surface area contributed by atoms with Crippen molar-refractivity contribution in [2.24, 2.45) is 5.92 Å². The zero-order valence-corrected chi connectivity index (χ0v) is 14.2. The van der Waals surface area contributed by atoms with Crippen LogP contribution in [0.1, 0.15) is 42.5 Å². The predicted octanol–water partition coefficient (Wildman–Crippen LogP) is 2.09. The number of likely N-dealkylation sites (tertiary alicyclic amines) is 2. The number of amides is 2. The first-order chi connectivity index (χ1) is 12.2. The summed E-state index contributed by atoms with van der Waals surface area (Å²) in [6.45, 7) is 3.03. The third-order valence-corrected chi connectivity index (χ3v) is 5.30. The second kappa shape index (κ2) is 6.82. The molecular weight excluding hydrogens is 320 g/mol. The molecule has 1 aromatic heterocycles. The lowest BCUT2D eigenvalue weighted by molar-refractivity contribution is -0.137.